The Morgan fingerprint density at radius 2 is 2.33 bits per heavy atom. The zero-order valence-corrected chi connectivity index (χ0v) is 10.8. The topological polar surface area (TPSA) is 46.9 Å². The van der Waals surface area contributed by atoms with Gasteiger partial charge in [-0.25, -0.2) is 0 Å². The molecule has 94 valence electrons. The van der Waals surface area contributed by atoms with Gasteiger partial charge in [0.1, 0.15) is 5.69 Å². The van der Waals surface area contributed by atoms with Crippen LogP contribution in [0.4, 0.5) is 0 Å². The highest BCUT2D eigenvalue weighted by atomic mass is 35.5. The molecule has 0 saturated carbocycles. The Morgan fingerprint density at radius 1 is 1.50 bits per heavy atom. The average molecular weight is 264 g/mol. The monoisotopic (exact) mass is 263 g/mol. The molecule has 2 aromatic heterocycles. The second-order valence-electron chi connectivity index (χ2n) is 3.98. The van der Waals surface area contributed by atoms with Crippen LogP contribution in [-0.2, 0) is 13.5 Å². The van der Waals surface area contributed by atoms with Crippen LogP contribution in [0.5, 0.6) is 0 Å². The number of hydrogen-bond acceptors (Lipinski definition) is 2. The molecule has 0 fully saturated rings. The lowest BCUT2D eigenvalue weighted by Gasteiger charge is -2.05. The molecule has 4 nitrogen and oxygen atoms in total. The van der Waals surface area contributed by atoms with E-state index in [-0.39, 0.29) is 5.91 Å². The standard InChI is InChI=1S/C13H14ClN3O/c1-17-9-10(14)8-12(17)13(18)16-7-5-11-4-2-3-6-15-11/h2-4,6,8-9H,5,7H2,1H3,(H,16,18). The van der Waals surface area contributed by atoms with E-state index in [1.165, 1.54) is 0 Å². The molecule has 0 spiro atoms. The molecule has 5 heteroatoms. The normalized spacial score (nSPS) is 10.3. The molecule has 2 rings (SSSR count). The Balaban J connectivity index is 1.87. The highest BCUT2D eigenvalue weighted by molar-refractivity contribution is 6.31. The first-order valence-electron chi connectivity index (χ1n) is 5.67. The molecular formula is C13H14ClN3O. The summed E-state index contributed by atoms with van der Waals surface area (Å²) in [7, 11) is 1.79. The highest BCUT2D eigenvalue weighted by Gasteiger charge is 2.10. The van der Waals surface area contributed by atoms with E-state index in [4.69, 9.17) is 11.6 Å². The molecule has 0 saturated heterocycles. The summed E-state index contributed by atoms with van der Waals surface area (Å²) in [4.78, 5) is 16.1. The summed E-state index contributed by atoms with van der Waals surface area (Å²) in [6.45, 7) is 0.554. The van der Waals surface area contributed by atoms with Gasteiger partial charge in [-0.3, -0.25) is 9.78 Å². The predicted molar refractivity (Wildman–Crippen MR) is 70.7 cm³/mol. The molecule has 0 atom stereocenters. The first-order valence-corrected chi connectivity index (χ1v) is 6.04. The largest absolute Gasteiger partial charge is 0.350 e. The van der Waals surface area contributed by atoms with Crippen LogP contribution in [-0.4, -0.2) is 22.0 Å². The molecule has 0 unspecified atom stereocenters. The minimum Gasteiger partial charge on any atom is -0.350 e. The van der Waals surface area contributed by atoms with Crippen LogP contribution in [0.3, 0.4) is 0 Å². The number of amides is 1. The van der Waals surface area contributed by atoms with Crippen LogP contribution < -0.4 is 5.32 Å². The van der Waals surface area contributed by atoms with Gasteiger partial charge in [-0.15, -0.1) is 0 Å². The number of rotatable bonds is 4. The van der Waals surface area contributed by atoms with Crippen molar-refractivity contribution in [2.75, 3.05) is 6.54 Å². The van der Waals surface area contributed by atoms with Crippen LogP contribution in [0, 0.1) is 0 Å². The van der Waals surface area contributed by atoms with Gasteiger partial charge in [-0.1, -0.05) is 17.7 Å². The second kappa shape index (κ2) is 5.69. The summed E-state index contributed by atoms with van der Waals surface area (Å²) < 4.78 is 1.71. The van der Waals surface area contributed by atoms with Crippen molar-refractivity contribution in [1.29, 1.82) is 0 Å². The fourth-order valence-electron chi connectivity index (χ4n) is 1.69. The van der Waals surface area contributed by atoms with Crippen LogP contribution in [0.1, 0.15) is 16.2 Å². The van der Waals surface area contributed by atoms with E-state index in [0.29, 0.717) is 23.7 Å². The smallest absolute Gasteiger partial charge is 0.267 e. The molecule has 0 aromatic carbocycles. The number of nitrogens with zero attached hydrogens (tertiary/aromatic N) is 2. The molecular weight excluding hydrogens is 250 g/mol. The van der Waals surface area contributed by atoms with Gasteiger partial charge in [-0.2, -0.15) is 0 Å². The van der Waals surface area contributed by atoms with Crippen molar-refractivity contribution >= 4 is 17.5 Å². The van der Waals surface area contributed by atoms with E-state index in [2.05, 4.69) is 10.3 Å². The quantitative estimate of drug-likeness (QED) is 0.918. The number of carbonyl (C=O) groups is 1. The predicted octanol–water partition coefficient (Wildman–Crippen LogP) is 2.05. The van der Waals surface area contributed by atoms with Crippen molar-refractivity contribution in [2.24, 2.45) is 7.05 Å². The second-order valence-corrected chi connectivity index (χ2v) is 4.42. The fourth-order valence-corrected chi connectivity index (χ4v) is 1.94. The van der Waals surface area contributed by atoms with E-state index in [1.54, 1.807) is 30.1 Å². The van der Waals surface area contributed by atoms with Crippen molar-refractivity contribution in [1.82, 2.24) is 14.9 Å². The maximum Gasteiger partial charge on any atom is 0.267 e. The summed E-state index contributed by atoms with van der Waals surface area (Å²) in [5.41, 5.74) is 1.52. The van der Waals surface area contributed by atoms with E-state index >= 15 is 0 Å². The minimum absolute atomic E-state index is 0.125. The highest BCUT2D eigenvalue weighted by Crippen LogP contribution is 2.12. The Kier molecular flexibility index (Phi) is 3.99. The third kappa shape index (κ3) is 3.11. The summed E-state index contributed by atoms with van der Waals surface area (Å²) in [5, 5.41) is 3.41. The first kappa shape index (κ1) is 12.6. The number of aryl methyl sites for hydroxylation is 1. The lowest BCUT2D eigenvalue weighted by Crippen LogP contribution is -2.27. The van der Waals surface area contributed by atoms with Crippen molar-refractivity contribution in [3.63, 3.8) is 0 Å². The van der Waals surface area contributed by atoms with Gasteiger partial charge >= 0.3 is 0 Å². The number of nitrogens with one attached hydrogen (secondary N) is 1. The van der Waals surface area contributed by atoms with Crippen LogP contribution in [0.15, 0.2) is 36.7 Å². The van der Waals surface area contributed by atoms with Crippen molar-refractivity contribution in [3.8, 4) is 0 Å². The van der Waals surface area contributed by atoms with E-state index in [1.807, 2.05) is 18.2 Å². The summed E-state index contributed by atoms with van der Waals surface area (Å²) in [5.74, 6) is -0.125. The molecule has 18 heavy (non-hydrogen) atoms. The summed E-state index contributed by atoms with van der Waals surface area (Å²) >= 11 is 5.83. The first-order chi connectivity index (χ1) is 8.66. The van der Waals surface area contributed by atoms with Gasteiger partial charge in [0, 0.05) is 38.1 Å². The van der Waals surface area contributed by atoms with E-state index < -0.39 is 0 Å². The number of aromatic nitrogens is 2. The van der Waals surface area contributed by atoms with Crippen LogP contribution in [0.2, 0.25) is 5.02 Å². The molecule has 0 aliphatic carbocycles. The maximum atomic E-state index is 11.9. The van der Waals surface area contributed by atoms with Gasteiger partial charge in [0.25, 0.3) is 5.91 Å². The molecule has 0 bridgehead atoms. The number of pyridine rings is 1. The Labute approximate surface area is 111 Å². The summed E-state index contributed by atoms with van der Waals surface area (Å²) in [6.07, 6.45) is 4.16. The molecule has 1 N–H and O–H groups in total. The van der Waals surface area contributed by atoms with Gasteiger partial charge in [0.15, 0.2) is 0 Å². The average Bonchev–Trinajstić information content (AvgIpc) is 2.70. The van der Waals surface area contributed by atoms with Crippen molar-refractivity contribution in [2.45, 2.75) is 6.42 Å². The minimum atomic E-state index is -0.125. The number of halogens is 1. The van der Waals surface area contributed by atoms with Crippen molar-refractivity contribution < 1.29 is 4.79 Å². The summed E-state index contributed by atoms with van der Waals surface area (Å²) in [6, 6.07) is 7.39. The third-order valence-electron chi connectivity index (χ3n) is 2.60. The Bertz CT molecular complexity index is 536. The Hall–Kier alpha value is -1.81. The van der Waals surface area contributed by atoms with Crippen LogP contribution >= 0.6 is 11.6 Å². The van der Waals surface area contributed by atoms with Gasteiger partial charge in [-0.05, 0) is 18.2 Å². The SMILES string of the molecule is Cn1cc(Cl)cc1C(=O)NCCc1ccccn1. The lowest BCUT2D eigenvalue weighted by atomic mass is 10.2. The van der Waals surface area contributed by atoms with E-state index in [9.17, 15) is 4.79 Å². The fraction of sp³-hybridized carbons (Fsp3) is 0.231. The molecule has 2 aromatic rings. The number of carbonyl (C=O) groups excluding carboxylic acids is 1. The number of hydrogen-bond donors (Lipinski definition) is 1. The maximum absolute atomic E-state index is 11.9. The van der Waals surface area contributed by atoms with Crippen molar-refractivity contribution in [3.05, 3.63) is 53.1 Å². The molecule has 0 radical (unpaired) electrons. The molecule has 1 amide bonds. The zero-order valence-electron chi connectivity index (χ0n) is 10.1. The third-order valence-corrected chi connectivity index (χ3v) is 2.80. The van der Waals surface area contributed by atoms with Gasteiger partial charge in [0.05, 0.1) is 5.02 Å². The van der Waals surface area contributed by atoms with Gasteiger partial charge < -0.3 is 9.88 Å². The zero-order chi connectivity index (χ0) is 13.0. The van der Waals surface area contributed by atoms with Crippen LogP contribution in [0.25, 0.3) is 0 Å². The molecule has 0 aliphatic heterocycles. The van der Waals surface area contributed by atoms with E-state index in [0.717, 1.165) is 5.69 Å². The Morgan fingerprint density at radius 3 is 2.94 bits per heavy atom. The molecule has 0 aliphatic rings. The van der Waals surface area contributed by atoms with Gasteiger partial charge in [0.2, 0.25) is 0 Å². The molecule has 2 heterocycles. The lowest BCUT2D eigenvalue weighted by molar-refractivity contribution is 0.0946.